The number of nitrogens with zero attached hydrogens (tertiary/aromatic N) is 2. The van der Waals surface area contributed by atoms with Gasteiger partial charge in [0.15, 0.2) is 11.6 Å². The van der Waals surface area contributed by atoms with Crippen LogP contribution in [0.25, 0.3) is 0 Å². The fraction of sp³-hybridized carbons (Fsp3) is 0.273. The molecule has 0 aliphatic carbocycles. The minimum Gasteiger partial charge on any atom is -0.356 e. The minimum atomic E-state index is -0.297. The summed E-state index contributed by atoms with van der Waals surface area (Å²) in [6.45, 7) is 2.10. The van der Waals surface area contributed by atoms with E-state index in [1.165, 1.54) is 6.92 Å². The van der Waals surface area contributed by atoms with Crippen molar-refractivity contribution < 1.29 is 14.1 Å². The molecule has 0 aliphatic rings. The number of hydrogen-bond donors (Lipinski definition) is 1. The molecule has 0 bridgehead atoms. The van der Waals surface area contributed by atoms with Gasteiger partial charge >= 0.3 is 0 Å². The van der Waals surface area contributed by atoms with Crippen LogP contribution in [-0.2, 0) is 10.5 Å². The van der Waals surface area contributed by atoms with Gasteiger partial charge in [0.05, 0.1) is 11.7 Å². The normalized spacial score (nSPS) is 11.8. The SMILES string of the molecule is CC(=O)NCCSCc1noc(C(CC(=O)c2ccccc2)c2ccccc2)n1. The van der Waals surface area contributed by atoms with E-state index in [4.69, 9.17) is 4.52 Å². The number of nitrogens with one attached hydrogen (secondary N) is 1. The second-order valence-corrected chi connectivity index (χ2v) is 7.65. The number of thioether (sulfide) groups is 1. The van der Waals surface area contributed by atoms with Crippen molar-refractivity contribution in [3.63, 3.8) is 0 Å². The van der Waals surface area contributed by atoms with E-state index >= 15 is 0 Å². The van der Waals surface area contributed by atoms with Gasteiger partial charge in [-0.3, -0.25) is 9.59 Å². The molecule has 29 heavy (non-hydrogen) atoms. The standard InChI is InChI=1S/C22H23N3O3S/c1-16(26)23-12-13-29-15-21-24-22(28-25-21)19(17-8-4-2-5-9-17)14-20(27)18-10-6-3-7-11-18/h2-11,19H,12-15H2,1H3,(H,23,26). The van der Waals surface area contributed by atoms with Gasteiger partial charge in [0.2, 0.25) is 11.8 Å². The Bertz CT molecular complexity index is 929. The first-order valence-corrected chi connectivity index (χ1v) is 10.6. The summed E-state index contributed by atoms with van der Waals surface area (Å²) in [6.07, 6.45) is 0.255. The lowest BCUT2D eigenvalue weighted by Gasteiger charge is -2.12. The maximum Gasteiger partial charge on any atom is 0.234 e. The van der Waals surface area contributed by atoms with E-state index < -0.39 is 0 Å². The third kappa shape index (κ3) is 6.29. The molecule has 1 amide bonds. The highest BCUT2D eigenvalue weighted by atomic mass is 32.2. The second-order valence-electron chi connectivity index (χ2n) is 6.54. The Morgan fingerprint density at radius 2 is 1.76 bits per heavy atom. The lowest BCUT2D eigenvalue weighted by molar-refractivity contribution is -0.118. The van der Waals surface area contributed by atoms with Gasteiger partial charge in [-0.25, -0.2) is 0 Å². The summed E-state index contributed by atoms with van der Waals surface area (Å²) in [7, 11) is 0. The predicted octanol–water partition coefficient (Wildman–Crippen LogP) is 3.84. The predicted molar refractivity (Wildman–Crippen MR) is 113 cm³/mol. The Labute approximate surface area is 174 Å². The molecule has 0 fully saturated rings. The van der Waals surface area contributed by atoms with E-state index in [0.29, 0.717) is 29.6 Å². The topological polar surface area (TPSA) is 85.1 Å². The number of carbonyl (C=O) groups is 2. The first-order valence-electron chi connectivity index (χ1n) is 9.41. The number of carbonyl (C=O) groups excluding carboxylic acids is 2. The number of amides is 1. The summed E-state index contributed by atoms with van der Waals surface area (Å²) in [5.74, 6) is 2.06. The van der Waals surface area contributed by atoms with Crippen LogP contribution in [0.1, 0.15) is 46.9 Å². The number of Topliss-reactive ketones (excluding diaryl/α,β-unsaturated/α-hetero) is 1. The Morgan fingerprint density at radius 3 is 2.45 bits per heavy atom. The highest BCUT2D eigenvalue weighted by molar-refractivity contribution is 7.98. The Morgan fingerprint density at radius 1 is 1.07 bits per heavy atom. The van der Waals surface area contributed by atoms with Gasteiger partial charge in [0.1, 0.15) is 0 Å². The molecule has 1 unspecified atom stereocenters. The monoisotopic (exact) mass is 409 g/mol. The smallest absolute Gasteiger partial charge is 0.234 e. The molecule has 1 atom stereocenters. The average molecular weight is 410 g/mol. The maximum atomic E-state index is 12.8. The summed E-state index contributed by atoms with van der Waals surface area (Å²) < 4.78 is 5.52. The fourth-order valence-corrected chi connectivity index (χ4v) is 3.58. The van der Waals surface area contributed by atoms with Gasteiger partial charge in [-0.05, 0) is 5.56 Å². The highest BCUT2D eigenvalue weighted by Gasteiger charge is 2.24. The lowest BCUT2D eigenvalue weighted by atomic mass is 9.91. The summed E-state index contributed by atoms with van der Waals surface area (Å²) in [6, 6.07) is 19.0. The van der Waals surface area contributed by atoms with Gasteiger partial charge in [-0.15, -0.1) is 0 Å². The first-order chi connectivity index (χ1) is 14.1. The molecule has 0 saturated heterocycles. The zero-order valence-corrected chi connectivity index (χ0v) is 17.0. The quantitative estimate of drug-likeness (QED) is 0.404. The number of ketones is 1. The van der Waals surface area contributed by atoms with E-state index in [0.717, 1.165) is 11.3 Å². The van der Waals surface area contributed by atoms with E-state index in [2.05, 4.69) is 15.5 Å². The molecule has 0 aliphatic heterocycles. The Balaban J connectivity index is 1.69. The van der Waals surface area contributed by atoms with E-state index in [9.17, 15) is 9.59 Å². The molecule has 0 radical (unpaired) electrons. The van der Waals surface area contributed by atoms with Gasteiger partial charge < -0.3 is 9.84 Å². The summed E-state index contributed by atoms with van der Waals surface area (Å²) in [5, 5.41) is 6.82. The summed E-state index contributed by atoms with van der Waals surface area (Å²) in [4.78, 5) is 28.2. The molecule has 0 spiro atoms. The summed E-state index contributed by atoms with van der Waals surface area (Å²) >= 11 is 1.61. The molecule has 6 nitrogen and oxygen atoms in total. The Hall–Kier alpha value is -2.93. The third-order valence-electron chi connectivity index (χ3n) is 4.32. The van der Waals surface area contributed by atoms with Crippen molar-refractivity contribution in [1.82, 2.24) is 15.5 Å². The van der Waals surface area contributed by atoms with E-state index in [1.54, 1.807) is 11.8 Å². The van der Waals surface area contributed by atoms with Crippen LogP contribution in [0.3, 0.4) is 0 Å². The van der Waals surface area contributed by atoms with Crippen LogP contribution < -0.4 is 5.32 Å². The van der Waals surface area contributed by atoms with Crippen LogP contribution >= 0.6 is 11.8 Å². The van der Waals surface area contributed by atoms with Crippen molar-refractivity contribution in [3.05, 3.63) is 83.5 Å². The zero-order valence-electron chi connectivity index (χ0n) is 16.2. The zero-order chi connectivity index (χ0) is 20.5. The molecule has 3 rings (SSSR count). The highest BCUT2D eigenvalue weighted by Crippen LogP contribution is 2.28. The Kier molecular flexibility index (Phi) is 7.58. The number of rotatable bonds is 10. The van der Waals surface area contributed by atoms with Crippen LogP contribution in [0.2, 0.25) is 0 Å². The van der Waals surface area contributed by atoms with Crippen LogP contribution in [0.15, 0.2) is 65.2 Å². The number of benzene rings is 2. The van der Waals surface area contributed by atoms with Gasteiger partial charge in [-0.1, -0.05) is 65.8 Å². The van der Waals surface area contributed by atoms with Crippen LogP contribution in [-0.4, -0.2) is 34.1 Å². The van der Waals surface area contributed by atoms with Crippen molar-refractivity contribution in [2.45, 2.75) is 25.0 Å². The molecule has 150 valence electrons. The van der Waals surface area contributed by atoms with Gasteiger partial charge in [0.25, 0.3) is 0 Å². The second kappa shape index (κ2) is 10.6. The summed E-state index contributed by atoms with van der Waals surface area (Å²) in [5.41, 5.74) is 1.63. The third-order valence-corrected chi connectivity index (χ3v) is 5.28. The van der Waals surface area contributed by atoms with Crippen molar-refractivity contribution in [2.24, 2.45) is 0 Å². The molecule has 1 heterocycles. The molecule has 2 aromatic carbocycles. The van der Waals surface area contributed by atoms with Crippen molar-refractivity contribution >= 4 is 23.5 Å². The molecular weight excluding hydrogens is 386 g/mol. The number of hydrogen-bond acceptors (Lipinski definition) is 6. The average Bonchev–Trinajstić information content (AvgIpc) is 3.21. The minimum absolute atomic E-state index is 0.0314. The van der Waals surface area contributed by atoms with Crippen molar-refractivity contribution in [2.75, 3.05) is 12.3 Å². The largest absolute Gasteiger partial charge is 0.356 e. The van der Waals surface area contributed by atoms with Gasteiger partial charge in [0, 0.05) is 31.2 Å². The van der Waals surface area contributed by atoms with Crippen LogP contribution in [0.5, 0.6) is 0 Å². The molecule has 1 aromatic heterocycles. The molecule has 7 heteroatoms. The maximum absolute atomic E-state index is 12.8. The van der Waals surface area contributed by atoms with Crippen molar-refractivity contribution in [3.8, 4) is 0 Å². The fourth-order valence-electron chi connectivity index (χ4n) is 2.89. The molecule has 3 aromatic rings. The molecular formula is C22H23N3O3S. The molecule has 0 saturated carbocycles. The van der Waals surface area contributed by atoms with Gasteiger partial charge in [-0.2, -0.15) is 16.7 Å². The van der Waals surface area contributed by atoms with Crippen molar-refractivity contribution in [1.29, 1.82) is 0 Å². The van der Waals surface area contributed by atoms with Crippen LogP contribution in [0, 0.1) is 0 Å². The first kappa shape index (κ1) is 20.8. The number of aromatic nitrogens is 2. The lowest BCUT2D eigenvalue weighted by Crippen LogP contribution is -2.22. The van der Waals surface area contributed by atoms with E-state index in [-0.39, 0.29) is 24.0 Å². The molecule has 1 N–H and O–H groups in total. The van der Waals surface area contributed by atoms with Crippen LogP contribution in [0.4, 0.5) is 0 Å². The van der Waals surface area contributed by atoms with E-state index in [1.807, 2.05) is 60.7 Å².